The fraction of sp³-hybridized carbons (Fsp3) is 0.333. The van der Waals surface area contributed by atoms with E-state index in [-0.39, 0.29) is 23.7 Å². The summed E-state index contributed by atoms with van der Waals surface area (Å²) in [7, 11) is 0. The summed E-state index contributed by atoms with van der Waals surface area (Å²) >= 11 is 0. The van der Waals surface area contributed by atoms with Crippen molar-refractivity contribution in [2.24, 2.45) is 0 Å². The molecule has 1 aromatic heterocycles. The zero-order chi connectivity index (χ0) is 25.9. The Morgan fingerprint density at radius 2 is 1.78 bits per heavy atom. The molecule has 1 saturated carbocycles. The average Bonchev–Trinajstić information content (AvgIpc) is 3.31. The Hall–Kier alpha value is -3.62. The summed E-state index contributed by atoms with van der Waals surface area (Å²) in [6, 6.07) is 12.2. The second-order valence-electron chi connectivity index (χ2n) is 9.35. The fourth-order valence-electron chi connectivity index (χ4n) is 4.79. The molecule has 0 spiro atoms. The van der Waals surface area contributed by atoms with Gasteiger partial charge in [0.05, 0.1) is 23.1 Å². The quantitative estimate of drug-likeness (QED) is 0.371. The number of aromatic nitrogens is 1. The highest BCUT2D eigenvalue weighted by Gasteiger charge is 2.41. The van der Waals surface area contributed by atoms with Crippen LogP contribution in [0.2, 0.25) is 0 Å². The van der Waals surface area contributed by atoms with Crippen LogP contribution in [0.3, 0.4) is 0 Å². The summed E-state index contributed by atoms with van der Waals surface area (Å²) in [5.41, 5.74) is 5.21. The van der Waals surface area contributed by atoms with Crippen molar-refractivity contribution in [3.05, 3.63) is 94.6 Å². The Balaban J connectivity index is 1.90. The summed E-state index contributed by atoms with van der Waals surface area (Å²) < 4.78 is 55.8. The molecule has 1 aliphatic carbocycles. The summed E-state index contributed by atoms with van der Waals surface area (Å²) in [4.78, 5) is 17.6. The van der Waals surface area contributed by atoms with Crippen LogP contribution < -0.4 is 16.4 Å². The van der Waals surface area contributed by atoms with Crippen LogP contribution in [-0.4, -0.2) is 17.1 Å². The maximum absolute atomic E-state index is 14.7. The number of rotatable bonds is 6. The zero-order valence-electron chi connectivity index (χ0n) is 19.8. The molecule has 0 radical (unpaired) electrons. The topological polar surface area (TPSA) is 80.0 Å². The number of nitrogens with one attached hydrogen (secondary N) is 2. The summed E-state index contributed by atoms with van der Waals surface area (Å²) in [5, 5.41) is 5.82. The molecule has 1 fully saturated rings. The molecule has 36 heavy (non-hydrogen) atoms. The van der Waals surface area contributed by atoms with Gasteiger partial charge in [-0.25, -0.2) is 9.18 Å². The molecule has 0 unspecified atom stereocenters. The van der Waals surface area contributed by atoms with E-state index >= 15 is 0 Å². The van der Waals surface area contributed by atoms with E-state index in [9.17, 15) is 22.4 Å². The molecule has 0 saturated heterocycles. The number of nitrogens with two attached hydrogens (primary N) is 1. The first-order valence-corrected chi connectivity index (χ1v) is 11.8. The number of urea groups is 1. The van der Waals surface area contributed by atoms with Crippen molar-refractivity contribution < 1.29 is 22.4 Å². The first kappa shape index (κ1) is 25.5. The monoisotopic (exact) mass is 500 g/mol. The van der Waals surface area contributed by atoms with Crippen LogP contribution in [0.5, 0.6) is 0 Å². The Labute approximate surface area is 207 Å². The van der Waals surface area contributed by atoms with Gasteiger partial charge in [0.25, 0.3) is 0 Å². The van der Waals surface area contributed by atoms with Crippen molar-refractivity contribution in [3.8, 4) is 0 Å². The van der Waals surface area contributed by atoms with Crippen LogP contribution in [0, 0.1) is 12.7 Å². The number of anilines is 1. The van der Waals surface area contributed by atoms with Gasteiger partial charge in [-0.1, -0.05) is 42.7 Å². The molecule has 1 aliphatic rings. The van der Waals surface area contributed by atoms with E-state index in [0.29, 0.717) is 11.8 Å². The number of hydrogen-bond acceptors (Lipinski definition) is 3. The van der Waals surface area contributed by atoms with Crippen LogP contribution >= 0.6 is 0 Å². The van der Waals surface area contributed by atoms with E-state index < -0.39 is 29.1 Å². The number of carbonyl (C=O) groups excluding carboxylic acids is 1. The first-order chi connectivity index (χ1) is 17.0. The molecular formula is C27H28F4N4O. The van der Waals surface area contributed by atoms with Crippen molar-refractivity contribution >= 4 is 11.7 Å². The van der Waals surface area contributed by atoms with Gasteiger partial charge >= 0.3 is 12.2 Å². The fourth-order valence-corrected chi connectivity index (χ4v) is 4.79. The molecule has 3 aromatic rings. The maximum Gasteiger partial charge on any atom is 0.416 e. The lowest BCUT2D eigenvalue weighted by molar-refractivity contribution is -0.137. The van der Waals surface area contributed by atoms with Crippen molar-refractivity contribution in [1.29, 1.82) is 0 Å². The maximum atomic E-state index is 14.7. The lowest BCUT2D eigenvalue weighted by Crippen LogP contribution is -2.54. The van der Waals surface area contributed by atoms with E-state index in [1.165, 1.54) is 6.20 Å². The minimum absolute atomic E-state index is 0.0322. The molecular weight excluding hydrogens is 472 g/mol. The average molecular weight is 501 g/mol. The van der Waals surface area contributed by atoms with Gasteiger partial charge in [-0.15, -0.1) is 0 Å². The predicted octanol–water partition coefficient (Wildman–Crippen LogP) is 5.86. The van der Waals surface area contributed by atoms with Gasteiger partial charge in [0.15, 0.2) is 0 Å². The van der Waals surface area contributed by atoms with E-state index in [0.717, 1.165) is 48.9 Å². The number of nitrogen functional groups attached to an aromatic ring is 1. The Morgan fingerprint density at radius 1 is 1.06 bits per heavy atom. The second kappa shape index (κ2) is 10.2. The largest absolute Gasteiger partial charge is 0.416 e. The molecule has 4 rings (SSSR count). The lowest BCUT2D eigenvalue weighted by Gasteiger charge is -2.36. The van der Waals surface area contributed by atoms with Crippen LogP contribution in [0.4, 0.5) is 28.0 Å². The van der Waals surface area contributed by atoms with Crippen molar-refractivity contribution in [2.75, 3.05) is 5.73 Å². The number of aryl methyl sites for hydroxylation is 1. The van der Waals surface area contributed by atoms with Crippen LogP contribution in [0.25, 0.3) is 0 Å². The van der Waals surface area contributed by atoms with E-state index in [2.05, 4.69) is 15.6 Å². The third-order valence-electron chi connectivity index (χ3n) is 6.51. The van der Waals surface area contributed by atoms with Crippen LogP contribution in [0.15, 0.2) is 60.8 Å². The number of pyridine rings is 1. The van der Waals surface area contributed by atoms with Crippen molar-refractivity contribution in [1.82, 2.24) is 15.6 Å². The lowest BCUT2D eigenvalue weighted by atomic mass is 9.79. The predicted molar refractivity (Wildman–Crippen MR) is 130 cm³/mol. The van der Waals surface area contributed by atoms with E-state index in [1.807, 2.05) is 25.1 Å². The molecule has 2 aromatic carbocycles. The van der Waals surface area contributed by atoms with Crippen LogP contribution in [-0.2, 0) is 18.1 Å². The van der Waals surface area contributed by atoms with Crippen LogP contribution in [0.1, 0.15) is 53.6 Å². The molecule has 4 N–H and O–H groups in total. The van der Waals surface area contributed by atoms with Crippen molar-refractivity contribution in [3.63, 3.8) is 0 Å². The molecule has 190 valence electrons. The molecule has 0 bridgehead atoms. The number of nitrogens with zero attached hydrogens (tertiary/aromatic N) is 1. The Kier molecular flexibility index (Phi) is 7.19. The summed E-state index contributed by atoms with van der Waals surface area (Å²) in [5.74, 6) is -1.07. The minimum atomic E-state index is -4.79. The number of hydrogen-bond donors (Lipinski definition) is 3. The van der Waals surface area contributed by atoms with E-state index in [4.69, 9.17) is 5.73 Å². The second-order valence-corrected chi connectivity index (χ2v) is 9.35. The van der Waals surface area contributed by atoms with Gasteiger partial charge in [0.2, 0.25) is 0 Å². The number of benzene rings is 2. The molecule has 1 atom stereocenters. The SMILES string of the molecule is Cc1cccc(C[C@@](NC(=O)NC2CCCC2)(c2cc(F)cc(C(F)(F)F)c2)c2ccc(N)cn2)c1. The van der Waals surface area contributed by atoms with Crippen molar-refractivity contribution in [2.45, 2.75) is 56.8 Å². The number of alkyl halides is 3. The van der Waals surface area contributed by atoms with E-state index in [1.54, 1.807) is 18.2 Å². The third kappa shape index (κ3) is 5.78. The Morgan fingerprint density at radius 3 is 2.42 bits per heavy atom. The highest BCUT2D eigenvalue weighted by atomic mass is 19.4. The third-order valence-corrected chi connectivity index (χ3v) is 6.51. The minimum Gasteiger partial charge on any atom is -0.397 e. The normalized spacial score (nSPS) is 15.9. The molecule has 2 amide bonds. The zero-order valence-corrected chi connectivity index (χ0v) is 19.8. The van der Waals surface area contributed by atoms with Gasteiger partial charge in [-0.2, -0.15) is 13.2 Å². The summed E-state index contributed by atoms with van der Waals surface area (Å²) in [6.07, 6.45) is 0.209. The molecule has 0 aliphatic heterocycles. The standard InChI is InChI=1S/C27H28F4N4O/c1-17-5-4-6-18(11-17)15-26(24-10-9-22(32)16-33-24,35-25(36)34-23-7-2-3-8-23)19-12-20(27(29,30)31)14-21(28)13-19/h4-6,9-14,16,23H,2-3,7-8,15,32H2,1H3,(H2,34,35,36)/t26-/m1/s1. The highest BCUT2D eigenvalue weighted by molar-refractivity contribution is 5.76. The van der Waals surface area contributed by atoms with Gasteiger partial charge < -0.3 is 16.4 Å². The van der Waals surface area contributed by atoms with Gasteiger partial charge in [-0.05, 0) is 61.2 Å². The Bertz CT molecular complexity index is 1220. The first-order valence-electron chi connectivity index (χ1n) is 11.8. The molecule has 5 nitrogen and oxygen atoms in total. The van der Waals surface area contributed by atoms with Gasteiger partial charge in [-0.3, -0.25) is 4.98 Å². The summed E-state index contributed by atoms with van der Waals surface area (Å²) in [6.45, 7) is 1.89. The van der Waals surface area contributed by atoms with Gasteiger partial charge in [0.1, 0.15) is 11.4 Å². The number of carbonyl (C=O) groups is 1. The van der Waals surface area contributed by atoms with Gasteiger partial charge in [0, 0.05) is 12.5 Å². The highest BCUT2D eigenvalue weighted by Crippen LogP contribution is 2.38. The number of halogens is 4. The molecule has 9 heteroatoms. The smallest absolute Gasteiger partial charge is 0.397 e. The molecule has 1 heterocycles. The number of amides is 2.